The molecular weight excluding hydrogens is 296 g/mol. The van der Waals surface area contributed by atoms with Gasteiger partial charge in [0.05, 0.1) is 11.4 Å². The second-order valence-electron chi connectivity index (χ2n) is 4.29. The molecule has 1 aromatic carbocycles. The molecule has 0 spiro atoms. The van der Waals surface area contributed by atoms with Crippen LogP contribution < -0.4 is 0 Å². The molecule has 0 aliphatic heterocycles. The summed E-state index contributed by atoms with van der Waals surface area (Å²) in [6, 6.07) is 7.54. The Morgan fingerprint density at radius 3 is 2.85 bits per heavy atom. The molecule has 0 fully saturated rings. The number of thiazole rings is 1. The molecule has 102 valence electrons. The molecule has 0 bridgehead atoms. The van der Waals surface area contributed by atoms with E-state index in [1.807, 2.05) is 40.2 Å². The van der Waals surface area contributed by atoms with Crippen molar-refractivity contribution in [1.82, 2.24) is 9.38 Å². The van der Waals surface area contributed by atoms with Gasteiger partial charge >= 0.3 is 5.97 Å². The second kappa shape index (κ2) is 5.26. The van der Waals surface area contributed by atoms with Crippen molar-refractivity contribution in [3.63, 3.8) is 0 Å². The highest BCUT2D eigenvalue weighted by molar-refractivity contribution is 7.15. The highest BCUT2D eigenvalue weighted by Gasteiger charge is 2.10. The first-order valence-electron chi connectivity index (χ1n) is 5.98. The Morgan fingerprint density at radius 2 is 2.15 bits per heavy atom. The van der Waals surface area contributed by atoms with Crippen molar-refractivity contribution in [2.24, 2.45) is 0 Å². The zero-order valence-electron chi connectivity index (χ0n) is 10.7. The molecule has 0 saturated carbocycles. The first kappa shape index (κ1) is 13.1. The molecule has 2 heterocycles. The fourth-order valence-corrected chi connectivity index (χ4v) is 2.85. The molecule has 0 radical (unpaired) electrons. The van der Waals surface area contributed by atoms with Gasteiger partial charge in [0.1, 0.15) is 6.61 Å². The van der Waals surface area contributed by atoms with Gasteiger partial charge < -0.3 is 4.74 Å². The fraction of sp³-hybridized carbons (Fsp3) is 0.143. The molecule has 6 heteroatoms. The minimum atomic E-state index is -0.289. The van der Waals surface area contributed by atoms with Crippen LogP contribution in [-0.2, 0) is 16.1 Å². The monoisotopic (exact) mass is 306 g/mol. The van der Waals surface area contributed by atoms with E-state index in [0.29, 0.717) is 5.02 Å². The summed E-state index contributed by atoms with van der Waals surface area (Å²) in [7, 11) is 0. The van der Waals surface area contributed by atoms with Gasteiger partial charge in [-0.1, -0.05) is 23.7 Å². The second-order valence-corrected chi connectivity index (χ2v) is 5.57. The van der Waals surface area contributed by atoms with Crippen molar-refractivity contribution in [3.05, 3.63) is 46.6 Å². The number of hydrogen-bond acceptors (Lipinski definition) is 4. The first-order chi connectivity index (χ1) is 9.63. The number of rotatable bonds is 3. The third-order valence-corrected chi connectivity index (χ3v) is 3.99. The average molecular weight is 307 g/mol. The lowest BCUT2D eigenvalue weighted by Crippen LogP contribution is -2.00. The van der Waals surface area contributed by atoms with E-state index in [2.05, 4.69) is 4.98 Å². The summed E-state index contributed by atoms with van der Waals surface area (Å²) in [4.78, 5) is 16.3. The fourth-order valence-electron chi connectivity index (χ4n) is 1.87. The van der Waals surface area contributed by atoms with Crippen LogP contribution in [0.1, 0.15) is 12.6 Å². The van der Waals surface area contributed by atoms with E-state index >= 15 is 0 Å². The normalized spacial score (nSPS) is 10.9. The van der Waals surface area contributed by atoms with E-state index in [-0.39, 0.29) is 12.6 Å². The highest BCUT2D eigenvalue weighted by atomic mass is 35.5. The number of hydrogen-bond donors (Lipinski definition) is 0. The molecule has 0 atom stereocenters. The number of fused-ring (bicyclic) bond motifs is 1. The molecule has 0 amide bonds. The van der Waals surface area contributed by atoms with E-state index in [9.17, 15) is 4.79 Å². The number of benzene rings is 1. The molecule has 0 aliphatic rings. The summed E-state index contributed by atoms with van der Waals surface area (Å²) >= 11 is 7.40. The summed E-state index contributed by atoms with van der Waals surface area (Å²) in [5.74, 6) is -0.289. The van der Waals surface area contributed by atoms with Crippen LogP contribution >= 0.6 is 22.9 Å². The van der Waals surface area contributed by atoms with Crippen LogP contribution in [0.4, 0.5) is 0 Å². The van der Waals surface area contributed by atoms with Crippen LogP contribution in [0.15, 0.2) is 35.8 Å². The van der Waals surface area contributed by atoms with Gasteiger partial charge in [0.25, 0.3) is 0 Å². The number of nitrogens with zero attached hydrogens (tertiary/aromatic N) is 2. The third-order valence-electron chi connectivity index (χ3n) is 2.85. The number of esters is 1. The van der Waals surface area contributed by atoms with Gasteiger partial charge in [0.2, 0.25) is 0 Å². The molecule has 0 unspecified atom stereocenters. The summed E-state index contributed by atoms with van der Waals surface area (Å²) in [6.07, 6.45) is 1.94. The largest absolute Gasteiger partial charge is 0.459 e. The van der Waals surface area contributed by atoms with Crippen molar-refractivity contribution < 1.29 is 9.53 Å². The lowest BCUT2D eigenvalue weighted by atomic mass is 10.2. The van der Waals surface area contributed by atoms with Gasteiger partial charge in [-0.2, -0.15) is 0 Å². The van der Waals surface area contributed by atoms with Gasteiger partial charge in [-0.15, -0.1) is 11.3 Å². The van der Waals surface area contributed by atoms with Gasteiger partial charge in [-0.05, 0) is 12.1 Å². The number of aromatic nitrogens is 2. The summed E-state index contributed by atoms with van der Waals surface area (Å²) in [6.45, 7) is 1.66. The quantitative estimate of drug-likeness (QED) is 0.692. The maximum Gasteiger partial charge on any atom is 0.303 e. The van der Waals surface area contributed by atoms with Crippen molar-refractivity contribution in [1.29, 1.82) is 0 Å². The van der Waals surface area contributed by atoms with E-state index < -0.39 is 0 Å². The molecule has 3 aromatic rings. The van der Waals surface area contributed by atoms with Gasteiger partial charge in [0.15, 0.2) is 4.96 Å². The zero-order chi connectivity index (χ0) is 14.1. The minimum Gasteiger partial charge on any atom is -0.459 e. The van der Waals surface area contributed by atoms with E-state index in [1.165, 1.54) is 18.3 Å². The van der Waals surface area contributed by atoms with Crippen LogP contribution in [0.2, 0.25) is 5.02 Å². The SMILES string of the molecule is CC(=O)OCc1csc2nc(-c3ccc(Cl)cc3)cn12. The predicted octanol–water partition coefficient (Wildman–Crippen LogP) is 3.78. The van der Waals surface area contributed by atoms with Crippen LogP contribution in [-0.4, -0.2) is 15.4 Å². The number of imidazole rings is 1. The third kappa shape index (κ3) is 2.55. The molecular formula is C14H11ClN2O2S. The lowest BCUT2D eigenvalue weighted by Gasteiger charge is -1.99. The average Bonchev–Trinajstić information content (AvgIpc) is 2.97. The Labute approximate surface area is 124 Å². The maximum absolute atomic E-state index is 10.9. The summed E-state index contributed by atoms with van der Waals surface area (Å²) in [5.41, 5.74) is 2.79. The Morgan fingerprint density at radius 1 is 1.40 bits per heavy atom. The number of halogens is 1. The van der Waals surface area contributed by atoms with Crippen molar-refractivity contribution in [2.45, 2.75) is 13.5 Å². The molecule has 20 heavy (non-hydrogen) atoms. The molecule has 0 N–H and O–H groups in total. The van der Waals surface area contributed by atoms with Crippen molar-refractivity contribution >= 4 is 33.9 Å². The van der Waals surface area contributed by atoms with Crippen molar-refractivity contribution in [2.75, 3.05) is 0 Å². The Kier molecular flexibility index (Phi) is 3.46. The summed E-state index contributed by atoms with van der Waals surface area (Å²) in [5, 5.41) is 2.64. The van der Waals surface area contributed by atoms with Crippen LogP contribution in [0.3, 0.4) is 0 Å². The Balaban J connectivity index is 1.94. The van der Waals surface area contributed by atoms with Crippen LogP contribution in [0, 0.1) is 0 Å². The van der Waals surface area contributed by atoms with Crippen LogP contribution in [0.5, 0.6) is 0 Å². The molecule has 4 nitrogen and oxygen atoms in total. The predicted molar refractivity (Wildman–Crippen MR) is 79.0 cm³/mol. The standard InChI is InChI=1S/C14H11ClN2O2S/c1-9(18)19-7-12-8-20-14-16-13(6-17(12)14)10-2-4-11(15)5-3-10/h2-6,8H,7H2,1H3. The number of carbonyl (C=O) groups excluding carboxylic acids is 1. The van der Waals surface area contributed by atoms with Crippen molar-refractivity contribution in [3.8, 4) is 11.3 Å². The summed E-state index contributed by atoms with van der Waals surface area (Å²) < 4.78 is 6.97. The van der Waals surface area contributed by atoms with E-state index in [4.69, 9.17) is 16.3 Å². The minimum absolute atomic E-state index is 0.256. The van der Waals surface area contributed by atoms with Gasteiger partial charge in [-0.25, -0.2) is 4.98 Å². The molecule has 0 saturated heterocycles. The van der Waals surface area contributed by atoms with Gasteiger partial charge in [-0.3, -0.25) is 9.20 Å². The van der Waals surface area contributed by atoms with E-state index in [0.717, 1.165) is 21.9 Å². The number of ether oxygens (including phenoxy) is 1. The first-order valence-corrected chi connectivity index (χ1v) is 7.24. The maximum atomic E-state index is 10.9. The molecule has 2 aromatic heterocycles. The molecule has 0 aliphatic carbocycles. The lowest BCUT2D eigenvalue weighted by molar-refractivity contribution is -0.142. The van der Waals surface area contributed by atoms with Crippen LogP contribution in [0.25, 0.3) is 16.2 Å². The topological polar surface area (TPSA) is 43.6 Å². The Bertz CT molecular complexity index is 761. The van der Waals surface area contributed by atoms with Gasteiger partial charge in [0, 0.05) is 29.1 Å². The Hall–Kier alpha value is -1.85. The van der Waals surface area contributed by atoms with E-state index in [1.54, 1.807) is 0 Å². The zero-order valence-corrected chi connectivity index (χ0v) is 12.2. The smallest absolute Gasteiger partial charge is 0.303 e. The highest BCUT2D eigenvalue weighted by Crippen LogP contribution is 2.25. The number of carbonyl (C=O) groups is 1. The molecule has 3 rings (SSSR count).